The number of aromatic amines is 1. The van der Waals surface area contributed by atoms with Crippen LogP contribution in [0.25, 0.3) is 10.9 Å². The first-order chi connectivity index (χ1) is 14.0. The van der Waals surface area contributed by atoms with E-state index in [9.17, 15) is 14.4 Å². The highest BCUT2D eigenvalue weighted by Gasteiger charge is 2.36. The topological polar surface area (TPSA) is 82.7 Å². The Kier molecular flexibility index (Phi) is 5.67. The zero-order valence-corrected chi connectivity index (χ0v) is 16.8. The molecule has 7 nitrogen and oxygen atoms in total. The minimum atomic E-state index is -0.376. The number of hydrogen-bond donors (Lipinski definition) is 1. The smallest absolute Gasteiger partial charge is 0.251 e. The van der Waals surface area contributed by atoms with Crippen molar-refractivity contribution in [2.75, 3.05) is 32.8 Å². The van der Waals surface area contributed by atoms with Gasteiger partial charge in [-0.3, -0.25) is 14.4 Å². The fourth-order valence-electron chi connectivity index (χ4n) is 4.25. The number of ether oxygens (including phenoxy) is 1. The molecule has 2 aromatic rings. The van der Waals surface area contributed by atoms with Crippen LogP contribution in [0.1, 0.15) is 30.4 Å². The van der Waals surface area contributed by atoms with E-state index in [1.54, 1.807) is 9.80 Å². The van der Waals surface area contributed by atoms with Gasteiger partial charge in [-0.1, -0.05) is 12.1 Å². The normalized spacial score (nSPS) is 19.7. The van der Waals surface area contributed by atoms with Crippen LogP contribution in [0.4, 0.5) is 0 Å². The van der Waals surface area contributed by atoms with Crippen LogP contribution in [0.15, 0.2) is 29.1 Å². The van der Waals surface area contributed by atoms with E-state index in [-0.39, 0.29) is 29.8 Å². The maximum atomic E-state index is 12.9. The molecule has 2 aliphatic heterocycles. The van der Waals surface area contributed by atoms with Crippen molar-refractivity contribution in [1.82, 2.24) is 14.8 Å². The number of nitrogens with zero attached hydrogens (tertiary/aromatic N) is 2. The highest BCUT2D eigenvalue weighted by molar-refractivity contribution is 5.88. The van der Waals surface area contributed by atoms with E-state index in [0.717, 1.165) is 22.9 Å². The van der Waals surface area contributed by atoms with Crippen LogP contribution in [0, 0.1) is 6.92 Å². The number of amides is 2. The van der Waals surface area contributed by atoms with Crippen LogP contribution in [0.3, 0.4) is 0 Å². The second-order valence-electron chi connectivity index (χ2n) is 7.90. The van der Waals surface area contributed by atoms with E-state index in [1.807, 2.05) is 31.2 Å². The number of likely N-dealkylation sites (tertiary alicyclic amines) is 1. The lowest BCUT2D eigenvalue weighted by Gasteiger charge is -2.32. The summed E-state index contributed by atoms with van der Waals surface area (Å²) < 4.78 is 5.32. The van der Waals surface area contributed by atoms with Crippen LogP contribution in [0.2, 0.25) is 0 Å². The van der Waals surface area contributed by atoms with Crippen molar-refractivity contribution in [1.29, 1.82) is 0 Å². The SMILES string of the molecule is Cc1ccc2cc(CCC(=O)N3CCCC3C(=O)N3CCOCC3)c(=O)[nH]c2c1. The molecule has 2 fully saturated rings. The van der Waals surface area contributed by atoms with Crippen LogP contribution in [-0.2, 0) is 20.7 Å². The maximum Gasteiger partial charge on any atom is 0.251 e. The molecule has 4 rings (SSSR count). The molecule has 2 amide bonds. The Balaban J connectivity index is 1.43. The van der Waals surface area contributed by atoms with Crippen LogP contribution in [-0.4, -0.2) is 65.5 Å². The number of fused-ring (bicyclic) bond motifs is 1. The van der Waals surface area contributed by atoms with Gasteiger partial charge in [-0.2, -0.15) is 0 Å². The van der Waals surface area contributed by atoms with Gasteiger partial charge in [0.15, 0.2) is 0 Å². The fraction of sp³-hybridized carbons (Fsp3) is 0.500. The molecule has 154 valence electrons. The molecular formula is C22H27N3O4. The van der Waals surface area contributed by atoms with Crippen molar-refractivity contribution in [2.45, 2.75) is 38.6 Å². The number of pyridine rings is 1. The van der Waals surface area contributed by atoms with Gasteiger partial charge in [-0.05, 0) is 49.3 Å². The first kappa shape index (κ1) is 19.6. The highest BCUT2D eigenvalue weighted by Crippen LogP contribution is 2.22. The quantitative estimate of drug-likeness (QED) is 0.850. The summed E-state index contributed by atoms with van der Waals surface area (Å²) in [6.45, 7) is 4.86. The van der Waals surface area contributed by atoms with Gasteiger partial charge < -0.3 is 19.5 Å². The number of hydrogen-bond acceptors (Lipinski definition) is 4. The summed E-state index contributed by atoms with van der Waals surface area (Å²) in [5.41, 5.74) is 2.34. The van der Waals surface area contributed by atoms with Crippen molar-refractivity contribution in [3.8, 4) is 0 Å². The number of benzene rings is 1. The molecular weight excluding hydrogens is 370 g/mol. The average molecular weight is 397 g/mol. The maximum absolute atomic E-state index is 12.9. The Morgan fingerprint density at radius 3 is 2.76 bits per heavy atom. The first-order valence-corrected chi connectivity index (χ1v) is 10.3. The Bertz CT molecular complexity index is 978. The molecule has 1 aromatic carbocycles. The van der Waals surface area contributed by atoms with Gasteiger partial charge >= 0.3 is 0 Å². The molecule has 0 saturated carbocycles. The first-order valence-electron chi connectivity index (χ1n) is 10.3. The van der Waals surface area contributed by atoms with E-state index >= 15 is 0 Å². The Morgan fingerprint density at radius 1 is 1.17 bits per heavy atom. The highest BCUT2D eigenvalue weighted by atomic mass is 16.5. The molecule has 2 aliphatic rings. The van der Waals surface area contributed by atoms with E-state index < -0.39 is 0 Å². The monoisotopic (exact) mass is 397 g/mol. The number of morpholine rings is 1. The molecule has 1 aromatic heterocycles. The molecule has 1 atom stereocenters. The van der Waals surface area contributed by atoms with Crippen LogP contribution >= 0.6 is 0 Å². The predicted molar refractivity (Wildman–Crippen MR) is 110 cm³/mol. The molecule has 29 heavy (non-hydrogen) atoms. The fourth-order valence-corrected chi connectivity index (χ4v) is 4.25. The van der Waals surface area contributed by atoms with Crippen molar-refractivity contribution in [3.63, 3.8) is 0 Å². The summed E-state index contributed by atoms with van der Waals surface area (Å²) in [5, 5.41) is 0.958. The van der Waals surface area contributed by atoms with Gasteiger partial charge in [-0.15, -0.1) is 0 Å². The summed E-state index contributed by atoms with van der Waals surface area (Å²) in [5.74, 6) is -0.0319. The predicted octanol–water partition coefficient (Wildman–Crippen LogP) is 1.62. The third-order valence-corrected chi connectivity index (χ3v) is 5.87. The molecule has 0 bridgehead atoms. The summed E-state index contributed by atoms with van der Waals surface area (Å²) in [4.78, 5) is 44.5. The number of H-pyrrole nitrogens is 1. The molecule has 0 spiro atoms. The second kappa shape index (κ2) is 8.37. The lowest BCUT2D eigenvalue weighted by molar-refractivity contribution is -0.146. The molecule has 0 radical (unpaired) electrons. The average Bonchev–Trinajstić information content (AvgIpc) is 3.22. The van der Waals surface area contributed by atoms with E-state index in [2.05, 4.69) is 4.98 Å². The van der Waals surface area contributed by atoms with Gasteiger partial charge in [0, 0.05) is 37.1 Å². The number of rotatable bonds is 4. The Labute approximate surface area is 169 Å². The molecule has 2 saturated heterocycles. The number of nitrogens with one attached hydrogen (secondary N) is 1. The molecule has 3 heterocycles. The van der Waals surface area contributed by atoms with Crippen molar-refractivity contribution < 1.29 is 14.3 Å². The molecule has 1 N–H and O–H groups in total. The zero-order chi connectivity index (χ0) is 20.4. The standard InChI is InChI=1S/C22H27N3O4/c1-15-4-5-16-14-17(21(27)23-18(16)13-15)6-7-20(26)25-8-2-3-19(25)22(28)24-9-11-29-12-10-24/h4-5,13-14,19H,2-3,6-12H2,1H3,(H,23,27). The Morgan fingerprint density at radius 2 is 1.97 bits per heavy atom. The third-order valence-electron chi connectivity index (χ3n) is 5.87. The van der Waals surface area contributed by atoms with Gasteiger partial charge in [-0.25, -0.2) is 0 Å². The summed E-state index contributed by atoms with van der Waals surface area (Å²) >= 11 is 0. The number of aromatic nitrogens is 1. The number of carbonyl (C=O) groups excluding carboxylic acids is 2. The summed E-state index contributed by atoms with van der Waals surface area (Å²) in [7, 11) is 0. The number of carbonyl (C=O) groups is 2. The molecule has 0 aliphatic carbocycles. The minimum Gasteiger partial charge on any atom is -0.378 e. The van der Waals surface area contributed by atoms with E-state index in [0.29, 0.717) is 51.3 Å². The van der Waals surface area contributed by atoms with Gasteiger partial charge in [0.25, 0.3) is 5.56 Å². The van der Waals surface area contributed by atoms with Crippen molar-refractivity contribution in [3.05, 3.63) is 45.7 Å². The lowest BCUT2D eigenvalue weighted by atomic mass is 10.1. The third kappa shape index (κ3) is 4.19. The van der Waals surface area contributed by atoms with E-state index in [4.69, 9.17) is 4.74 Å². The second-order valence-corrected chi connectivity index (χ2v) is 7.90. The number of aryl methyl sites for hydroxylation is 2. The van der Waals surface area contributed by atoms with Gasteiger partial charge in [0.1, 0.15) is 6.04 Å². The molecule has 1 unspecified atom stereocenters. The summed E-state index contributed by atoms with van der Waals surface area (Å²) in [6, 6.07) is 7.41. The van der Waals surface area contributed by atoms with Crippen molar-refractivity contribution in [2.24, 2.45) is 0 Å². The lowest BCUT2D eigenvalue weighted by Crippen LogP contribution is -2.51. The van der Waals surface area contributed by atoms with E-state index in [1.165, 1.54) is 0 Å². The van der Waals surface area contributed by atoms with Gasteiger partial charge in [0.2, 0.25) is 11.8 Å². The zero-order valence-electron chi connectivity index (χ0n) is 16.8. The van der Waals surface area contributed by atoms with Crippen LogP contribution in [0.5, 0.6) is 0 Å². The largest absolute Gasteiger partial charge is 0.378 e. The minimum absolute atomic E-state index is 0.0260. The van der Waals surface area contributed by atoms with Crippen molar-refractivity contribution >= 4 is 22.7 Å². The molecule has 7 heteroatoms. The summed E-state index contributed by atoms with van der Waals surface area (Å²) in [6.07, 6.45) is 2.14. The Hall–Kier alpha value is -2.67. The van der Waals surface area contributed by atoms with Crippen LogP contribution < -0.4 is 5.56 Å². The van der Waals surface area contributed by atoms with Gasteiger partial charge in [0.05, 0.1) is 13.2 Å².